The number of hydrogen-bond donors (Lipinski definition) is 0. The maximum atomic E-state index is 6.64. The molecule has 6 aromatic rings. The van der Waals surface area contributed by atoms with Crippen molar-refractivity contribution in [2.45, 2.75) is 93.0 Å². The SMILES string of the molecule is C/C=C(/C(C)C)N(c1ccc(C(C)(C)C)cc1)c1ccc2c(c1)oc1cc3cc(N(c4ccc(C(C)(C)C)cc4)C(C)C)ccc3cc12. The van der Waals surface area contributed by atoms with E-state index in [9.17, 15) is 0 Å². The van der Waals surface area contributed by atoms with E-state index >= 15 is 0 Å². The molecule has 48 heavy (non-hydrogen) atoms. The van der Waals surface area contributed by atoms with E-state index in [1.807, 2.05) is 0 Å². The van der Waals surface area contributed by atoms with Gasteiger partial charge in [0.25, 0.3) is 0 Å². The smallest absolute Gasteiger partial charge is 0.137 e. The van der Waals surface area contributed by atoms with E-state index in [0.717, 1.165) is 33.3 Å². The first-order valence-corrected chi connectivity index (χ1v) is 17.5. The molecule has 5 aromatic carbocycles. The number of fused-ring (bicyclic) bond motifs is 4. The van der Waals surface area contributed by atoms with Gasteiger partial charge in [-0.25, -0.2) is 0 Å². The minimum atomic E-state index is 0.104. The van der Waals surface area contributed by atoms with Gasteiger partial charge in [-0.15, -0.1) is 0 Å². The second kappa shape index (κ2) is 12.5. The van der Waals surface area contributed by atoms with Crippen LogP contribution in [0.1, 0.15) is 87.3 Å². The summed E-state index contributed by atoms with van der Waals surface area (Å²) in [6.07, 6.45) is 2.23. The first kappa shape index (κ1) is 33.4. The molecule has 0 aliphatic carbocycles. The minimum Gasteiger partial charge on any atom is -0.456 e. The second-order valence-electron chi connectivity index (χ2n) is 15.9. The third kappa shape index (κ3) is 6.35. The van der Waals surface area contributed by atoms with Crippen molar-refractivity contribution in [1.29, 1.82) is 0 Å². The predicted octanol–water partition coefficient (Wildman–Crippen LogP) is 13.6. The molecule has 6 rings (SSSR count). The first-order chi connectivity index (χ1) is 22.7. The zero-order valence-corrected chi connectivity index (χ0v) is 30.8. The van der Waals surface area contributed by atoms with Crippen LogP contribution >= 0.6 is 0 Å². The zero-order valence-electron chi connectivity index (χ0n) is 30.8. The summed E-state index contributed by atoms with van der Waals surface area (Å²) in [5.74, 6) is 0.352. The molecule has 0 fully saturated rings. The van der Waals surface area contributed by atoms with E-state index in [0.29, 0.717) is 12.0 Å². The fraction of sp³-hybridized carbons (Fsp3) is 0.333. The third-order valence-electron chi connectivity index (χ3n) is 9.60. The van der Waals surface area contributed by atoms with Crippen molar-refractivity contribution >= 4 is 55.5 Å². The lowest BCUT2D eigenvalue weighted by Gasteiger charge is -2.31. The van der Waals surface area contributed by atoms with Gasteiger partial charge in [-0.05, 0) is 120 Å². The van der Waals surface area contributed by atoms with Crippen molar-refractivity contribution < 1.29 is 4.42 Å². The van der Waals surface area contributed by atoms with Gasteiger partial charge in [0.2, 0.25) is 0 Å². The van der Waals surface area contributed by atoms with Crippen LogP contribution in [-0.2, 0) is 10.8 Å². The highest BCUT2D eigenvalue weighted by Crippen LogP contribution is 2.40. The molecule has 0 atom stereocenters. The monoisotopic (exact) mass is 636 g/mol. The van der Waals surface area contributed by atoms with Crippen molar-refractivity contribution in [3.05, 3.63) is 120 Å². The fourth-order valence-electron chi connectivity index (χ4n) is 6.93. The van der Waals surface area contributed by atoms with Gasteiger partial charge in [-0.1, -0.05) is 91.8 Å². The molecular weight excluding hydrogens is 585 g/mol. The highest BCUT2D eigenvalue weighted by atomic mass is 16.3. The van der Waals surface area contributed by atoms with Crippen LogP contribution in [0, 0.1) is 5.92 Å². The molecule has 0 bridgehead atoms. The molecule has 3 nitrogen and oxygen atoms in total. The van der Waals surface area contributed by atoms with Crippen LogP contribution in [0.3, 0.4) is 0 Å². The van der Waals surface area contributed by atoms with Crippen molar-refractivity contribution in [3.63, 3.8) is 0 Å². The van der Waals surface area contributed by atoms with Gasteiger partial charge in [0, 0.05) is 51.3 Å². The van der Waals surface area contributed by atoms with E-state index in [1.54, 1.807) is 0 Å². The summed E-state index contributed by atoms with van der Waals surface area (Å²) in [6, 6.07) is 36.3. The Morgan fingerprint density at radius 2 is 1.10 bits per heavy atom. The van der Waals surface area contributed by atoms with E-state index in [1.165, 1.54) is 39.0 Å². The molecule has 1 heterocycles. The highest BCUT2D eigenvalue weighted by molar-refractivity contribution is 6.11. The molecule has 0 saturated carbocycles. The lowest BCUT2D eigenvalue weighted by atomic mass is 9.87. The van der Waals surface area contributed by atoms with Gasteiger partial charge in [-0.2, -0.15) is 0 Å². The maximum Gasteiger partial charge on any atom is 0.137 e. The Labute approximate surface area is 287 Å². The van der Waals surface area contributed by atoms with Crippen LogP contribution in [0.25, 0.3) is 32.7 Å². The molecule has 0 unspecified atom stereocenters. The number of benzene rings is 5. The summed E-state index contributed by atoms with van der Waals surface area (Å²) in [6.45, 7) is 24.7. The van der Waals surface area contributed by atoms with E-state index in [2.05, 4.69) is 189 Å². The second-order valence-corrected chi connectivity index (χ2v) is 15.9. The number of rotatable bonds is 7. The van der Waals surface area contributed by atoms with Gasteiger partial charge in [0.1, 0.15) is 11.2 Å². The van der Waals surface area contributed by atoms with Gasteiger partial charge in [0.15, 0.2) is 0 Å². The van der Waals surface area contributed by atoms with Gasteiger partial charge >= 0.3 is 0 Å². The summed E-state index contributed by atoms with van der Waals surface area (Å²) in [5.41, 5.74) is 10.6. The molecule has 0 saturated heterocycles. The Morgan fingerprint density at radius 3 is 1.65 bits per heavy atom. The fourth-order valence-corrected chi connectivity index (χ4v) is 6.93. The van der Waals surface area contributed by atoms with Crippen LogP contribution in [-0.4, -0.2) is 6.04 Å². The lowest BCUT2D eigenvalue weighted by molar-refractivity contribution is 0.590. The molecule has 0 amide bonds. The van der Waals surface area contributed by atoms with Crippen LogP contribution in [0.15, 0.2) is 113 Å². The first-order valence-electron chi connectivity index (χ1n) is 17.5. The van der Waals surface area contributed by atoms with E-state index in [4.69, 9.17) is 4.42 Å². The summed E-state index contributed by atoms with van der Waals surface area (Å²) in [4.78, 5) is 4.79. The molecule has 0 N–H and O–H groups in total. The average Bonchev–Trinajstić information content (AvgIpc) is 3.38. The average molecular weight is 637 g/mol. The summed E-state index contributed by atoms with van der Waals surface area (Å²) < 4.78 is 6.64. The standard InChI is InChI=1S/C45H52N2O/c1-12-41(29(2)3)47(36-21-16-34(17-22-36)45(9,10)11)38-23-24-39-40-26-31-13-18-37(25-32(31)27-42(40)48-43(39)28-38)46(30(4)5)35-19-14-33(15-20-35)44(6,7)8/h12-30H,1-11H3/b41-12-. The van der Waals surface area contributed by atoms with Crippen molar-refractivity contribution in [3.8, 4) is 0 Å². The van der Waals surface area contributed by atoms with Crippen LogP contribution in [0.5, 0.6) is 0 Å². The Balaban J connectivity index is 1.41. The number of anilines is 4. The molecule has 248 valence electrons. The van der Waals surface area contributed by atoms with Crippen molar-refractivity contribution in [1.82, 2.24) is 0 Å². The highest BCUT2D eigenvalue weighted by Gasteiger charge is 2.21. The molecule has 0 spiro atoms. The largest absolute Gasteiger partial charge is 0.456 e. The van der Waals surface area contributed by atoms with Crippen LogP contribution in [0.2, 0.25) is 0 Å². The lowest BCUT2D eigenvalue weighted by Crippen LogP contribution is -2.25. The van der Waals surface area contributed by atoms with Crippen LogP contribution in [0.4, 0.5) is 22.7 Å². The summed E-state index contributed by atoms with van der Waals surface area (Å²) in [7, 11) is 0. The minimum absolute atomic E-state index is 0.104. The third-order valence-corrected chi connectivity index (χ3v) is 9.60. The number of hydrogen-bond acceptors (Lipinski definition) is 3. The Bertz CT molecular complexity index is 2100. The topological polar surface area (TPSA) is 19.6 Å². The van der Waals surface area contributed by atoms with Crippen LogP contribution < -0.4 is 9.80 Å². The molecule has 1 aromatic heterocycles. The van der Waals surface area contributed by atoms with Crippen molar-refractivity contribution in [2.24, 2.45) is 5.92 Å². The van der Waals surface area contributed by atoms with E-state index < -0.39 is 0 Å². The molecule has 3 heteroatoms. The van der Waals surface area contributed by atoms with Crippen molar-refractivity contribution in [2.75, 3.05) is 9.80 Å². The molecular formula is C45H52N2O. The summed E-state index contributed by atoms with van der Waals surface area (Å²) in [5, 5.41) is 4.66. The molecule has 0 aliphatic heterocycles. The van der Waals surface area contributed by atoms with E-state index in [-0.39, 0.29) is 10.8 Å². The Morgan fingerprint density at radius 1 is 0.562 bits per heavy atom. The number of nitrogens with zero attached hydrogens (tertiary/aromatic N) is 2. The normalized spacial score (nSPS) is 13.0. The Hall–Kier alpha value is -4.50. The Kier molecular flexibility index (Phi) is 8.70. The summed E-state index contributed by atoms with van der Waals surface area (Å²) >= 11 is 0. The maximum absolute atomic E-state index is 6.64. The quantitative estimate of drug-likeness (QED) is 0.174. The predicted molar refractivity (Wildman–Crippen MR) is 210 cm³/mol. The number of furan rings is 1. The van der Waals surface area contributed by atoms with Gasteiger partial charge in [0.05, 0.1) is 0 Å². The van der Waals surface area contributed by atoms with Gasteiger partial charge < -0.3 is 14.2 Å². The molecule has 0 radical (unpaired) electrons. The number of allylic oxidation sites excluding steroid dienone is 2. The zero-order chi connectivity index (χ0) is 34.5. The van der Waals surface area contributed by atoms with Gasteiger partial charge in [-0.3, -0.25) is 0 Å². The molecule has 0 aliphatic rings.